The van der Waals surface area contributed by atoms with E-state index < -0.39 is 18.1 Å². The molecule has 52 heavy (non-hydrogen) atoms. The summed E-state index contributed by atoms with van der Waals surface area (Å²) in [6.45, 7) is 2.40. The maximum atomic E-state index is 16.3. The zero-order valence-corrected chi connectivity index (χ0v) is 28.4. The monoisotopic (exact) mass is 707 g/mol. The molecule has 9 rings (SSSR count). The van der Waals surface area contributed by atoms with E-state index >= 15 is 8.78 Å². The summed E-state index contributed by atoms with van der Waals surface area (Å²) in [5.41, 5.74) is 5.29. The summed E-state index contributed by atoms with van der Waals surface area (Å²) < 4.78 is 38.1. The number of likely N-dealkylation sites (tertiary alicyclic amines) is 1. The van der Waals surface area contributed by atoms with Gasteiger partial charge < -0.3 is 35.3 Å². The molecule has 5 heterocycles. The maximum Gasteiger partial charge on any atom is 0.405 e. The first-order chi connectivity index (χ1) is 25.2. The molecule has 0 radical (unpaired) electrons. The molecule has 0 bridgehead atoms. The third-order valence-corrected chi connectivity index (χ3v) is 11.3. The minimum absolute atomic E-state index is 0.0304. The SMILES string of the molecule is O=C(O)NC(C(=O)N1CCC[C@H]1c1ncc(-c2ccc3c(c2)C(F)(F)c2cc(-c4ccc5nc([C@@H]6CCCN6)[nH]c5c4)ccc2-3)[nH]1)C1CCOCC1. The van der Waals surface area contributed by atoms with E-state index in [4.69, 9.17) is 9.72 Å². The van der Waals surface area contributed by atoms with Crippen LogP contribution < -0.4 is 10.6 Å². The molecule has 11 nitrogen and oxygen atoms in total. The van der Waals surface area contributed by atoms with Crippen molar-refractivity contribution in [1.29, 1.82) is 0 Å². The van der Waals surface area contributed by atoms with Gasteiger partial charge in [0.25, 0.3) is 5.92 Å². The highest BCUT2D eigenvalue weighted by molar-refractivity contribution is 5.88. The Hall–Kier alpha value is -5.14. The Morgan fingerprint density at radius 2 is 1.63 bits per heavy atom. The summed E-state index contributed by atoms with van der Waals surface area (Å²) in [4.78, 5) is 43.2. The van der Waals surface area contributed by atoms with Crippen molar-refractivity contribution in [3.63, 3.8) is 0 Å². The number of alkyl halides is 2. The summed E-state index contributed by atoms with van der Waals surface area (Å²) in [5, 5.41) is 15.4. The number of carbonyl (C=O) groups excluding carboxylic acids is 1. The maximum absolute atomic E-state index is 16.3. The zero-order chi connectivity index (χ0) is 35.6. The van der Waals surface area contributed by atoms with E-state index in [9.17, 15) is 14.7 Å². The standard InChI is InChI=1S/C39H39F2N7O4/c40-39(41)27-17-22(23-7-10-29-31(19-23)45-35(44-29)30-3-1-13-42-30)5-8-25(27)26-9-6-24(18-28(26)39)32-20-43-36(46-32)33-4-2-14-48(33)37(49)34(47-38(50)51)21-11-15-52-16-12-21/h5-10,17-21,30,33-34,42,47H,1-4,11-16H2,(H,43,46)(H,44,45)(H,50,51)/t30-,33-,34?/m0/s1. The van der Waals surface area contributed by atoms with Crippen LogP contribution in [0.2, 0.25) is 0 Å². The van der Waals surface area contributed by atoms with E-state index in [0.717, 1.165) is 48.2 Å². The van der Waals surface area contributed by atoms with Gasteiger partial charge in [-0.1, -0.05) is 30.3 Å². The number of aromatic nitrogens is 4. The van der Waals surface area contributed by atoms with Gasteiger partial charge in [0.1, 0.15) is 17.7 Å². The topological polar surface area (TPSA) is 148 Å². The summed E-state index contributed by atoms with van der Waals surface area (Å²) in [7, 11) is 0. The van der Waals surface area contributed by atoms with Crippen LogP contribution in [0.15, 0.2) is 60.8 Å². The van der Waals surface area contributed by atoms with E-state index in [1.807, 2.05) is 30.3 Å². The average Bonchev–Trinajstić information content (AvgIpc) is 4.00. The van der Waals surface area contributed by atoms with Crippen molar-refractivity contribution < 1.29 is 28.2 Å². The molecule has 3 aromatic carbocycles. The molecule has 1 unspecified atom stereocenters. The molecule has 268 valence electrons. The largest absolute Gasteiger partial charge is 0.465 e. The summed E-state index contributed by atoms with van der Waals surface area (Å²) in [6.07, 6.45) is 5.08. The zero-order valence-electron chi connectivity index (χ0n) is 28.4. The quantitative estimate of drug-likeness (QED) is 0.124. The van der Waals surface area contributed by atoms with Gasteiger partial charge in [-0.2, -0.15) is 8.78 Å². The highest BCUT2D eigenvalue weighted by Crippen LogP contribution is 2.52. The molecule has 3 saturated heterocycles. The van der Waals surface area contributed by atoms with Crippen molar-refractivity contribution in [2.45, 2.75) is 62.6 Å². The Kier molecular flexibility index (Phi) is 8.07. The number of carbonyl (C=O) groups is 2. The third-order valence-electron chi connectivity index (χ3n) is 11.3. The minimum atomic E-state index is -3.22. The summed E-state index contributed by atoms with van der Waals surface area (Å²) in [6, 6.07) is 15.1. The van der Waals surface area contributed by atoms with Crippen LogP contribution in [-0.4, -0.2) is 74.3 Å². The van der Waals surface area contributed by atoms with Crippen LogP contribution in [0.1, 0.15) is 73.4 Å². The first-order valence-electron chi connectivity index (χ1n) is 18.1. The molecule has 0 spiro atoms. The van der Waals surface area contributed by atoms with Crippen molar-refractivity contribution >= 4 is 23.0 Å². The molecule has 2 amide bonds. The lowest BCUT2D eigenvalue weighted by molar-refractivity contribution is -0.136. The van der Waals surface area contributed by atoms with Crippen molar-refractivity contribution in [2.24, 2.45) is 5.92 Å². The van der Waals surface area contributed by atoms with Gasteiger partial charge in [0.05, 0.1) is 35.0 Å². The van der Waals surface area contributed by atoms with Gasteiger partial charge in [-0.15, -0.1) is 0 Å². The Balaban J connectivity index is 0.964. The van der Waals surface area contributed by atoms with Gasteiger partial charge in [0, 0.05) is 36.4 Å². The number of hydrogen-bond donors (Lipinski definition) is 5. The number of nitrogens with one attached hydrogen (secondary N) is 4. The van der Waals surface area contributed by atoms with Gasteiger partial charge in [0.2, 0.25) is 5.91 Å². The van der Waals surface area contributed by atoms with Crippen molar-refractivity contribution in [3.05, 3.63) is 83.6 Å². The fourth-order valence-corrected chi connectivity index (χ4v) is 8.57. The predicted octanol–water partition coefficient (Wildman–Crippen LogP) is 6.89. The molecule has 3 atom stereocenters. The Morgan fingerprint density at radius 1 is 0.904 bits per heavy atom. The molecule has 4 aliphatic rings. The van der Waals surface area contributed by atoms with Crippen LogP contribution in [0, 0.1) is 5.92 Å². The summed E-state index contributed by atoms with van der Waals surface area (Å²) in [5.74, 6) is -2.21. The van der Waals surface area contributed by atoms with Gasteiger partial charge in [-0.05, 0) is 97.5 Å². The van der Waals surface area contributed by atoms with Gasteiger partial charge >= 0.3 is 6.09 Å². The van der Waals surface area contributed by atoms with Crippen LogP contribution in [-0.2, 0) is 15.5 Å². The second-order valence-electron chi connectivity index (χ2n) is 14.3. The predicted molar refractivity (Wildman–Crippen MR) is 190 cm³/mol. The third kappa shape index (κ3) is 5.63. The van der Waals surface area contributed by atoms with E-state index in [-0.39, 0.29) is 35.0 Å². The van der Waals surface area contributed by atoms with Gasteiger partial charge in [0.15, 0.2) is 0 Å². The average molecular weight is 708 g/mol. The number of aromatic amines is 2. The van der Waals surface area contributed by atoms with E-state index in [2.05, 4.69) is 25.6 Å². The minimum Gasteiger partial charge on any atom is -0.465 e. The van der Waals surface area contributed by atoms with E-state index in [1.54, 1.807) is 29.3 Å². The molecule has 3 aliphatic heterocycles. The van der Waals surface area contributed by atoms with Crippen LogP contribution >= 0.6 is 0 Å². The lowest BCUT2D eigenvalue weighted by Crippen LogP contribution is -2.52. The van der Waals surface area contributed by atoms with Gasteiger partial charge in [-0.3, -0.25) is 4.79 Å². The highest BCUT2D eigenvalue weighted by atomic mass is 19.3. The van der Waals surface area contributed by atoms with Crippen molar-refractivity contribution in [3.8, 4) is 33.5 Å². The number of rotatable bonds is 7. The highest BCUT2D eigenvalue weighted by Gasteiger charge is 2.45. The van der Waals surface area contributed by atoms with Crippen molar-refractivity contribution in [1.82, 2.24) is 35.5 Å². The lowest BCUT2D eigenvalue weighted by Gasteiger charge is -2.33. The first kappa shape index (κ1) is 32.7. The molecule has 0 saturated carbocycles. The second-order valence-corrected chi connectivity index (χ2v) is 14.3. The molecular weight excluding hydrogens is 668 g/mol. The number of imidazole rings is 2. The van der Waals surface area contributed by atoms with Crippen LogP contribution in [0.3, 0.4) is 0 Å². The molecule has 2 aromatic heterocycles. The summed E-state index contributed by atoms with van der Waals surface area (Å²) >= 11 is 0. The number of amides is 2. The Morgan fingerprint density at radius 3 is 2.38 bits per heavy atom. The fourth-order valence-electron chi connectivity index (χ4n) is 8.57. The Labute approximate surface area is 298 Å². The molecular formula is C39H39F2N7O4. The second kappa shape index (κ2) is 12.8. The number of nitrogens with zero attached hydrogens (tertiary/aromatic N) is 3. The van der Waals surface area contributed by atoms with Crippen LogP contribution in [0.25, 0.3) is 44.5 Å². The number of ether oxygens (including phenoxy) is 1. The fraction of sp³-hybridized carbons (Fsp3) is 0.385. The molecule has 13 heteroatoms. The molecule has 3 fully saturated rings. The number of fused-ring (bicyclic) bond motifs is 4. The first-order valence-corrected chi connectivity index (χ1v) is 18.1. The van der Waals surface area contributed by atoms with E-state index in [0.29, 0.717) is 72.8 Å². The molecule has 5 aromatic rings. The number of H-pyrrole nitrogens is 2. The Bertz CT molecular complexity index is 2190. The number of benzene rings is 3. The normalized spacial score (nSPS) is 21.7. The number of carboxylic acid groups (broad SMARTS) is 1. The number of halogens is 2. The van der Waals surface area contributed by atoms with E-state index in [1.165, 1.54) is 6.07 Å². The number of hydrogen-bond acceptors (Lipinski definition) is 6. The smallest absolute Gasteiger partial charge is 0.405 e. The lowest BCUT2D eigenvalue weighted by atomic mass is 9.90. The molecule has 5 N–H and O–H groups in total. The molecule has 1 aliphatic carbocycles. The van der Waals surface area contributed by atoms with Crippen LogP contribution in [0.4, 0.5) is 13.6 Å². The van der Waals surface area contributed by atoms with Gasteiger partial charge in [-0.25, -0.2) is 14.8 Å². The van der Waals surface area contributed by atoms with Crippen molar-refractivity contribution in [2.75, 3.05) is 26.3 Å². The van der Waals surface area contributed by atoms with Crippen LogP contribution in [0.5, 0.6) is 0 Å².